The van der Waals surface area contributed by atoms with Crippen LogP contribution in [0.4, 0.5) is 0 Å². The number of hydrogen-bond donors (Lipinski definition) is 1. The molecule has 0 saturated heterocycles. The highest BCUT2D eigenvalue weighted by atomic mass is 32.1. The minimum absolute atomic E-state index is 0.0472. The van der Waals surface area contributed by atoms with Gasteiger partial charge in [0, 0.05) is 0 Å². The molecule has 1 aliphatic heterocycles. The van der Waals surface area contributed by atoms with E-state index in [1.807, 2.05) is 0 Å². The van der Waals surface area contributed by atoms with Crippen LogP contribution in [-0.4, -0.2) is 58.7 Å². The molecular formula is C29H30N2O9S. The van der Waals surface area contributed by atoms with Gasteiger partial charge >= 0.3 is 11.9 Å². The first kappa shape index (κ1) is 29.3. The van der Waals surface area contributed by atoms with Crippen LogP contribution in [0.1, 0.15) is 24.0 Å². The summed E-state index contributed by atoms with van der Waals surface area (Å²) in [7, 11) is 7.22. The molecule has 1 unspecified atom stereocenters. The number of methoxy groups -OCH3 is 5. The van der Waals surface area contributed by atoms with Crippen LogP contribution in [0.2, 0.25) is 0 Å². The van der Waals surface area contributed by atoms with E-state index >= 15 is 0 Å². The number of benzene rings is 2. The van der Waals surface area contributed by atoms with Crippen LogP contribution >= 0.6 is 11.3 Å². The lowest BCUT2D eigenvalue weighted by atomic mass is 9.83. The molecule has 2 N–H and O–H groups in total. The number of nitrogens with zero attached hydrogens (tertiary/aromatic N) is 1. The van der Waals surface area contributed by atoms with E-state index in [9.17, 15) is 14.4 Å². The van der Waals surface area contributed by atoms with E-state index in [0.29, 0.717) is 34.1 Å². The molecule has 0 saturated carbocycles. The number of esters is 2. The Hall–Kier alpha value is -4.71. The highest BCUT2D eigenvalue weighted by Crippen LogP contribution is 2.41. The molecule has 0 radical (unpaired) electrons. The molecule has 216 valence electrons. The number of carbonyl (C=O) groups is 2. The van der Waals surface area contributed by atoms with Crippen molar-refractivity contribution in [2.45, 2.75) is 12.8 Å². The Morgan fingerprint density at radius 1 is 0.878 bits per heavy atom. The monoisotopic (exact) mass is 582 g/mol. The largest absolute Gasteiger partial charge is 0.493 e. The zero-order valence-corrected chi connectivity index (χ0v) is 24.2. The molecule has 0 fully saturated rings. The van der Waals surface area contributed by atoms with Crippen molar-refractivity contribution in [1.82, 2.24) is 4.57 Å². The number of thiazole rings is 1. The number of hydrogen-bond acceptors (Lipinski definition) is 11. The predicted molar refractivity (Wildman–Crippen MR) is 153 cm³/mol. The third kappa shape index (κ3) is 5.25. The second-order valence-corrected chi connectivity index (χ2v) is 9.67. The molecule has 0 spiro atoms. The quantitative estimate of drug-likeness (QED) is 0.370. The minimum Gasteiger partial charge on any atom is -0.493 e. The summed E-state index contributed by atoms with van der Waals surface area (Å²) < 4.78 is 33.6. The Kier molecular flexibility index (Phi) is 8.72. The van der Waals surface area contributed by atoms with Crippen molar-refractivity contribution in [3.8, 4) is 23.0 Å². The molecule has 1 aromatic heterocycles. The molecular weight excluding hydrogens is 552 g/mol. The van der Waals surface area contributed by atoms with E-state index in [2.05, 4.69) is 0 Å². The fourth-order valence-electron chi connectivity index (χ4n) is 4.62. The molecule has 2 aromatic carbocycles. The standard InChI is InChI=1S/C29H30N2O9S/c1-7-40-29(34)23-22(16-9-11-18(36-3)20(14-16)38-5)24(28(33)39-6)27-31(25(23)30)26(32)21(41-27)13-15-8-10-17(35-2)19(12-15)37-4/h8-14,22H,7,30H2,1-6H3. The fourth-order valence-corrected chi connectivity index (χ4v) is 5.79. The zero-order chi connectivity index (χ0) is 29.8. The molecule has 0 bridgehead atoms. The van der Waals surface area contributed by atoms with Crippen molar-refractivity contribution in [1.29, 1.82) is 0 Å². The maximum Gasteiger partial charge on any atom is 0.338 e. The summed E-state index contributed by atoms with van der Waals surface area (Å²) in [4.78, 5) is 40.5. The maximum absolute atomic E-state index is 13.7. The predicted octanol–water partition coefficient (Wildman–Crippen LogP) is 1.58. The van der Waals surface area contributed by atoms with E-state index in [4.69, 9.17) is 34.2 Å². The van der Waals surface area contributed by atoms with Gasteiger partial charge in [0.25, 0.3) is 5.56 Å². The van der Waals surface area contributed by atoms with Gasteiger partial charge in [-0.05, 0) is 48.4 Å². The van der Waals surface area contributed by atoms with Crippen molar-refractivity contribution in [3.05, 3.63) is 72.6 Å². The van der Waals surface area contributed by atoms with Crippen LogP contribution < -0.4 is 39.4 Å². The Morgan fingerprint density at radius 2 is 1.49 bits per heavy atom. The first-order valence-corrected chi connectivity index (χ1v) is 13.2. The van der Waals surface area contributed by atoms with Crippen molar-refractivity contribution in [3.63, 3.8) is 0 Å². The Labute approximate surface area is 239 Å². The minimum atomic E-state index is -1.03. The summed E-state index contributed by atoms with van der Waals surface area (Å²) in [6.45, 7) is 1.69. The second-order valence-electron chi connectivity index (χ2n) is 8.64. The van der Waals surface area contributed by atoms with Crippen LogP contribution in [0.3, 0.4) is 0 Å². The number of aromatic nitrogens is 1. The molecule has 2 heterocycles. The van der Waals surface area contributed by atoms with Gasteiger partial charge in [-0.3, -0.25) is 9.36 Å². The van der Waals surface area contributed by atoms with Gasteiger partial charge in [-0.1, -0.05) is 12.1 Å². The van der Waals surface area contributed by atoms with Gasteiger partial charge in [0.1, 0.15) is 10.5 Å². The smallest absolute Gasteiger partial charge is 0.338 e. The number of ether oxygens (including phenoxy) is 6. The third-order valence-corrected chi connectivity index (χ3v) is 7.60. The molecule has 0 amide bonds. The Morgan fingerprint density at radius 3 is 2.07 bits per heavy atom. The lowest BCUT2D eigenvalue weighted by Crippen LogP contribution is -2.41. The van der Waals surface area contributed by atoms with Gasteiger partial charge in [0.05, 0.1) is 63.8 Å². The highest BCUT2D eigenvalue weighted by Gasteiger charge is 2.40. The van der Waals surface area contributed by atoms with Gasteiger partial charge < -0.3 is 34.2 Å². The van der Waals surface area contributed by atoms with Gasteiger partial charge in [0.2, 0.25) is 0 Å². The van der Waals surface area contributed by atoms with Crippen LogP contribution in [-0.2, 0) is 19.1 Å². The normalized spacial score (nSPS) is 14.8. The van der Waals surface area contributed by atoms with Gasteiger partial charge in [-0.2, -0.15) is 0 Å². The molecule has 41 heavy (non-hydrogen) atoms. The van der Waals surface area contributed by atoms with E-state index in [1.54, 1.807) is 49.4 Å². The van der Waals surface area contributed by atoms with E-state index in [1.165, 1.54) is 35.5 Å². The molecule has 11 nitrogen and oxygen atoms in total. The molecule has 4 rings (SSSR count). The van der Waals surface area contributed by atoms with Crippen LogP contribution in [0, 0.1) is 0 Å². The van der Waals surface area contributed by atoms with E-state index in [0.717, 1.165) is 15.9 Å². The molecule has 12 heteroatoms. The lowest BCUT2D eigenvalue weighted by molar-refractivity contribution is -0.138. The third-order valence-electron chi connectivity index (χ3n) is 6.50. The summed E-state index contributed by atoms with van der Waals surface area (Å²) in [6.07, 6.45) is 1.64. The molecule has 1 atom stereocenters. The van der Waals surface area contributed by atoms with Gasteiger partial charge in [0.15, 0.2) is 23.0 Å². The summed E-state index contributed by atoms with van der Waals surface area (Å²) >= 11 is 1.04. The zero-order valence-electron chi connectivity index (χ0n) is 23.4. The summed E-state index contributed by atoms with van der Waals surface area (Å²) in [5, 5.41) is 0. The average Bonchev–Trinajstić information content (AvgIpc) is 3.31. The maximum atomic E-state index is 13.7. The highest BCUT2D eigenvalue weighted by molar-refractivity contribution is 7.07. The summed E-state index contributed by atoms with van der Waals surface area (Å²) in [5.41, 5.74) is 7.11. The number of rotatable bonds is 9. The summed E-state index contributed by atoms with van der Waals surface area (Å²) in [5.74, 6) is -0.896. The van der Waals surface area contributed by atoms with Crippen LogP contribution in [0.15, 0.2) is 46.8 Å². The number of nitrogens with two attached hydrogens (primary N) is 1. The van der Waals surface area contributed by atoms with Gasteiger partial charge in [-0.15, -0.1) is 11.3 Å². The molecule has 1 aliphatic rings. The average molecular weight is 583 g/mol. The van der Waals surface area contributed by atoms with Crippen LogP contribution in [0.25, 0.3) is 17.5 Å². The van der Waals surface area contributed by atoms with Gasteiger partial charge in [-0.25, -0.2) is 9.59 Å². The van der Waals surface area contributed by atoms with E-state index < -0.39 is 23.4 Å². The summed E-state index contributed by atoms with van der Waals surface area (Å²) in [6, 6.07) is 10.1. The van der Waals surface area contributed by atoms with Crippen molar-refractivity contribution in [2.24, 2.45) is 5.73 Å². The molecule has 0 aliphatic carbocycles. The van der Waals surface area contributed by atoms with E-state index in [-0.39, 0.29) is 32.8 Å². The first-order valence-electron chi connectivity index (χ1n) is 12.4. The Balaban J connectivity index is 2.09. The molecule has 3 aromatic rings. The van der Waals surface area contributed by atoms with Crippen molar-refractivity contribution >= 4 is 40.7 Å². The SMILES string of the molecule is CCOC(=O)C1=C(N)n2c(sc(=Cc3ccc(OC)c(OC)c3)c2=O)=C(C(=O)OC)C1c1ccc(OC)c(OC)c1. The first-order chi connectivity index (χ1) is 19.7. The second kappa shape index (κ2) is 12.2. The van der Waals surface area contributed by atoms with Crippen molar-refractivity contribution < 1.29 is 38.0 Å². The van der Waals surface area contributed by atoms with Crippen molar-refractivity contribution in [2.75, 3.05) is 42.2 Å². The topological polar surface area (TPSA) is 138 Å². The number of carbonyl (C=O) groups excluding carboxylic acids is 2. The van der Waals surface area contributed by atoms with Crippen LogP contribution in [0.5, 0.6) is 23.0 Å². The fraction of sp³-hybridized carbons (Fsp3) is 0.276. The number of fused-ring (bicyclic) bond motifs is 1. The Bertz CT molecular complexity index is 1720. The lowest BCUT2D eigenvalue weighted by Gasteiger charge is -2.27.